The Morgan fingerprint density at radius 1 is 1.14 bits per heavy atom. The third-order valence-corrected chi connectivity index (χ3v) is 4.29. The second-order valence-corrected chi connectivity index (χ2v) is 6.39. The molecule has 2 aromatic carbocycles. The monoisotopic (exact) mass is 394 g/mol. The van der Waals surface area contributed by atoms with Crippen molar-refractivity contribution >= 4 is 11.8 Å². The molecule has 0 bridgehead atoms. The van der Waals surface area contributed by atoms with Gasteiger partial charge in [-0.2, -0.15) is 4.98 Å². The van der Waals surface area contributed by atoms with Gasteiger partial charge in [-0.15, -0.1) is 0 Å². The van der Waals surface area contributed by atoms with Gasteiger partial charge in [0.05, 0.1) is 7.11 Å². The molecule has 2 amide bonds. The number of hydrogen-bond donors (Lipinski definition) is 1. The fourth-order valence-electron chi connectivity index (χ4n) is 2.65. The van der Waals surface area contributed by atoms with Crippen LogP contribution in [-0.2, 0) is 13.0 Å². The lowest BCUT2D eigenvalue weighted by Gasteiger charge is -2.16. The molecule has 29 heavy (non-hydrogen) atoms. The number of carbonyl (C=O) groups excluding carboxylic acids is 2. The Morgan fingerprint density at radius 3 is 2.69 bits per heavy atom. The van der Waals surface area contributed by atoms with E-state index >= 15 is 0 Å². The summed E-state index contributed by atoms with van der Waals surface area (Å²) >= 11 is 0. The van der Waals surface area contributed by atoms with E-state index < -0.39 is 5.91 Å². The largest absolute Gasteiger partial charge is 0.497 e. The second kappa shape index (κ2) is 9.50. The van der Waals surface area contributed by atoms with Crippen LogP contribution in [-0.4, -0.2) is 47.6 Å². The molecule has 0 aliphatic carbocycles. The summed E-state index contributed by atoms with van der Waals surface area (Å²) in [7, 11) is 3.24. The predicted octanol–water partition coefficient (Wildman–Crippen LogP) is 2.32. The summed E-state index contributed by atoms with van der Waals surface area (Å²) in [5.41, 5.74) is 1.50. The molecular formula is C21H22N4O4. The van der Waals surface area contributed by atoms with Gasteiger partial charge in [0.2, 0.25) is 0 Å². The molecule has 1 aromatic heterocycles. The smallest absolute Gasteiger partial charge is 0.315 e. The maximum Gasteiger partial charge on any atom is 0.315 e. The zero-order valence-electron chi connectivity index (χ0n) is 16.3. The molecule has 8 heteroatoms. The first-order valence-electron chi connectivity index (χ1n) is 9.11. The summed E-state index contributed by atoms with van der Waals surface area (Å²) in [5, 5.41) is 6.55. The number of hydrogen-bond acceptors (Lipinski definition) is 6. The van der Waals surface area contributed by atoms with E-state index in [4.69, 9.17) is 9.26 Å². The first-order chi connectivity index (χ1) is 14.1. The van der Waals surface area contributed by atoms with Gasteiger partial charge in [-0.1, -0.05) is 41.6 Å². The molecule has 0 atom stereocenters. The number of nitrogens with zero attached hydrogens (tertiary/aromatic N) is 3. The van der Waals surface area contributed by atoms with Gasteiger partial charge in [-0.25, -0.2) is 0 Å². The topological polar surface area (TPSA) is 97.6 Å². The number of amides is 2. The van der Waals surface area contributed by atoms with E-state index in [2.05, 4.69) is 15.5 Å². The second-order valence-electron chi connectivity index (χ2n) is 6.39. The van der Waals surface area contributed by atoms with Gasteiger partial charge in [0.15, 0.2) is 5.82 Å². The van der Waals surface area contributed by atoms with Gasteiger partial charge in [-0.05, 0) is 23.8 Å². The van der Waals surface area contributed by atoms with Crippen LogP contribution in [0.3, 0.4) is 0 Å². The lowest BCUT2D eigenvalue weighted by Crippen LogP contribution is -2.29. The van der Waals surface area contributed by atoms with Crippen LogP contribution in [0, 0.1) is 0 Å². The van der Waals surface area contributed by atoms with Crippen molar-refractivity contribution in [3.63, 3.8) is 0 Å². The van der Waals surface area contributed by atoms with Crippen LogP contribution in [0.2, 0.25) is 0 Å². The van der Waals surface area contributed by atoms with Gasteiger partial charge in [0, 0.05) is 32.1 Å². The summed E-state index contributed by atoms with van der Waals surface area (Å²) in [6.07, 6.45) is 0.363. The highest BCUT2D eigenvalue weighted by Gasteiger charge is 2.17. The van der Waals surface area contributed by atoms with E-state index in [0.29, 0.717) is 36.6 Å². The molecule has 0 aliphatic rings. The highest BCUT2D eigenvalue weighted by molar-refractivity contribution is 5.94. The molecule has 8 nitrogen and oxygen atoms in total. The highest BCUT2D eigenvalue weighted by Crippen LogP contribution is 2.14. The molecule has 0 saturated heterocycles. The predicted molar refractivity (Wildman–Crippen MR) is 106 cm³/mol. The Hall–Kier alpha value is -3.68. The number of carbonyl (C=O) groups is 2. The Kier molecular flexibility index (Phi) is 6.57. The molecule has 0 unspecified atom stereocenters. The molecule has 0 saturated carbocycles. The van der Waals surface area contributed by atoms with E-state index in [0.717, 1.165) is 5.56 Å². The van der Waals surface area contributed by atoms with Crippen LogP contribution in [0.25, 0.3) is 0 Å². The van der Waals surface area contributed by atoms with Crippen LogP contribution in [0.5, 0.6) is 5.75 Å². The maximum atomic E-state index is 12.5. The third-order valence-electron chi connectivity index (χ3n) is 4.29. The zero-order valence-corrected chi connectivity index (χ0v) is 16.3. The zero-order chi connectivity index (χ0) is 20.6. The van der Waals surface area contributed by atoms with Gasteiger partial charge in [-0.3, -0.25) is 9.59 Å². The minimum Gasteiger partial charge on any atom is -0.497 e. The van der Waals surface area contributed by atoms with Crippen molar-refractivity contribution in [3.05, 3.63) is 77.4 Å². The number of rotatable bonds is 8. The van der Waals surface area contributed by atoms with Gasteiger partial charge in [0.1, 0.15) is 5.75 Å². The van der Waals surface area contributed by atoms with Gasteiger partial charge in [0.25, 0.3) is 5.91 Å². The summed E-state index contributed by atoms with van der Waals surface area (Å²) in [5.74, 6) is 0.299. The van der Waals surface area contributed by atoms with Crippen molar-refractivity contribution in [2.45, 2.75) is 13.0 Å². The number of ether oxygens (including phenoxy) is 1. The summed E-state index contributed by atoms with van der Waals surface area (Å²) in [6, 6.07) is 16.5. The first-order valence-corrected chi connectivity index (χ1v) is 9.11. The summed E-state index contributed by atoms with van der Waals surface area (Å²) in [4.78, 5) is 30.3. The standard InChI is InChI=1S/C21H22N4O4/c1-25(21(27)16-9-6-10-17(13-16)28-2)12-11-18-23-20(29-24-18)19(26)22-14-15-7-4-3-5-8-15/h3-10,13H,11-12,14H2,1-2H3,(H,22,26). The van der Waals surface area contributed by atoms with Gasteiger partial charge >= 0.3 is 11.8 Å². The molecule has 3 rings (SSSR count). The number of methoxy groups -OCH3 is 1. The van der Waals surface area contributed by atoms with Crippen LogP contribution >= 0.6 is 0 Å². The molecule has 1 heterocycles. The quantitative estimate of drug-likeness (QED) is 0.630. The molecule has 0 radical (unpaired) electrons. The van der Waals surface area contributed by atoms with Crippen molar-refractivity contribution in [1.29, 1.82) is 0 Å². The fraction of sp³-hybridized carbons (Fsp3) is 0.238. The average molecular weight is 394 g/mol. The number of benzene rings is 2. The average Bonchev–Trinajstić information content (AvgIpc) is 3.25. The van der Waals surface area contributed by atoms with Crippen LogP contribution < -0.4 is 10.1 Å². The third kappa shape index (κ3) is 5.41. The van der Waals surface area contributed by atoms with Crippen molar-refractivity contribution in [2.24, 2.45) is 0 Å². The van der Waals surface area contributed by atoms with Crippen molar-refractivity contribution in [2.75, 3.05) is 20.7 Å². The molecule has 1 N–H and O–H groups in total. The molecular weight excluding hydrogens is 372 g/mol. The van der Waals surface area contributed by atoms with E-state index in [1.165, 1.54) is 0 Å². The number of nitrogens with one attached hydrogen (secondary N) is 1. The van der Waals surface area contributed by atoms with E-state index in [1.807, 2.05) is 30.3 Å². The Morgan fingerprint density at radius 2 is 1.93 bits per heavy atom. The first kappa shape index (κ1) is 20.1. The van der Waals surface area contributed by atoms with Crippen LogP contribution in [0.15, 0.2) is 59.1 Å². The number of likely N-dealkylation sites (N-methyl/N-ethyl adjacent to an activating group) is 1. The van der Waals surface area contributed by atoms with E-state index in [9.17, 15) is 9.59 Å². The minimum absolute atomic E-state index is 0.0993. The van der Waals surface area contributed by atoms with Gasteiger partial charge < -0.3 is 19.5 Å². The van der Waals surface area contributed by atoms with Crippen LogP contribution in [0.1, 0.15) is 32.4 Å². The SMILES string of the molecule is COc1cccc(C(=O)N(C)CCc2noc(C(=O)NCc3ccccc3)n2)c1. The summed E-state index contributed by atoms with van der Waals surface area (Å²) in [6.45, 7) is 0.746. The molecule has 0 aliphatic heterocycles. The molecule has 0 spiro atoms. The minimum atomic E-state index is -0.437. The maximum absolute atomic E-state index is 12.5. The van der Waals surface area contributed by atoms with Crippen molar-refractivity contribution in [3.8, 4) is 5.75 Å². The van der Waals surface area contributed by atoms with E-state index in [-0.39, 0.29) is 11.8 Å². The molecule has 150 valence electrons. The van der Waals surface area contributed by atoms with E-state index in [1.54, 1.807) is 43.3 Å². The highest BCUT2D eigenvalue weighted by atomic mass is 16.5. The fourth-order valence-corrected chi connectivity index (χ4v) is 2.65. The van der Waals surface area contributed by atoms with Crippen molar-refractivity contribution < 1.29 is 18.8 Å². The van der Waals surface area contributed by atoms with Crippen LogP contribution in [0.4, 0.5) is 0 Å². The van der Waals surface area contributed by atoms with Crippen molar-refractivity contribution in [1.82, 2.24) is 20.4 Å². The Bertz CT molecular complexity index is 972. The lowest BCUT2D eigenvalue weighted by molar-refractivity contribution is 0.0795. The lowest BCUT2D eigenvalue weighted by atomic mass is 10.2. The Labute approximate surface area is 168 Å². The molecule has 0 fully saturated rings. The Balaban J connectivity index is 1.51. The normalized spacial score (nSPS) is 10.4. The number of aromatic nitrogens is 2. The summed E-state index contributed by atoms with van der Waals surface area (Å²) < 4.78 is 10.2. The molecule has 3 aromatic rings.